The smallest absolute Gasteiger partial charge is 0.213 e. The van der Waals surface area contributed by atoms with Crippen molar-refractivity contribution in [2.45, 2.75) is 13.3 Å². The van der Waals surface area contributed by atoms with Crippen LogP contribution in [0.15, 0.2) is 22.8 Å². The largest absolute Gasteiger partial charge is 0.330 e. The van der Waals surface area contributed by atoms with E-state index < -0.39 is 0 Å². The summed E-state index contributed by atoms with van der Waals surface area (Å²) < 4.78 is 3.11. The molecule has 0 amide bonds. The lowest BCUT2D eigenvalue weighted by Crippen LogP contribution is -2.03. The number of aryl methyl sites for hydroxylation is 1. The number of rotatable bonds is 2. The van der Waals surface area contributed by atoms with Crippen molar-refractivity contribution >= 4 is 32.7 Å². The van der Waals surface area contributed by atoms with E-state index in [0.717, 1.165) is 33.5 Å². The fraction of sp³-hybridized carbons (Fsp3) is 0.250. The lowest BCUT2D eigenvalue weighted by Gasteiger charge is -1.97. The van der Waals surface area contributed by atoms with E-state index in [9.17, 15) is 0 Å². The molecule has 3 rings (SSSR count). The van der Waals surface area contributed by atoms with Crippen molar-refractivity contribution in [3.8, 4) is 0 Å². The van der Waals surface area contributed by atoms with Crippen molar-refractivity contribution in [2.24, 2.45) is 5.73 Å². The first-order valence-electron chi connectivity index (χ1n) is 5.56. The number of nitrogens with zero attached hydrogens (tertiary/aromatic N) is 2. The molecule has 88 valence electrons. The summed E-state index contributed by atoms with van der Waals surface area (Å²) in [4.78, 5) is 7.92. The van der Waals surface area contributed by atoms with E-state index in [4.69, 9.17) is 5.73 Å². The molecule has 0 saturated carbocycles. The fourth-order valence-electron chi connectivity index (χ4n) is 2.15. The molecule has 0 saturated heterocycles. The van der Waals surface area contributed by atoms with Crippen molar-refractivity contribution < 1.29 is 0 Å². The zero-order valence-electron chi connectivity index (χ0n) is 9.50. The molecule has 0 radical (unpaired) electrons. The Morgan fingerprint density at radius 1 is 1.47 bits per heavy atom. The third-order valence-electron chi connectivity index (χ3n) is 2.99. The van der Waals surface area contributed by atoms with Gasteiger partial charge in [-0.3, -0.25) is 4.40 Å². The Labute approximate surface area is 107 Å². The molecular weight excluding hydrogens is 280 g/mol. The van der Waals surface area contributed by atoms with Crippen molar-refractivity contribution in [1.82, 2.24) is 14.4 Å². The van der Waals surface area contributed by atoms with Crippen LogP contribution in [0.3, 0.4) is 0 Å². The van der Waals surface area contributed by atoms with Crippen LogP contribution in [0.4, 0.5) is 0 Å². The molecule has 0 fully saturated rings. The van der Waals surface area contributed by atoms with Gasteiger partial charge in [0.15, 0.2) is 0 Å². The highest BCUT2D eigenvalue weighted by Crippen LogP contribution is 2.26. The number of H-pyrrole nitrogens is 1. The highest BCUT2D eigenvalue weighted by molar-refractivity contribution is 9.10. The summed E-state index contributed by atoms with van der Waals surface area (Å²) in [6.45, 7) is 2.70. The zero-order chi connectivity index (χ0) is 12.0. The van der Waals surface area contributed by atoms with Crippen molar-refractivity contribution in [3.05, 3.63) is 34.1 Å². The van der Waals surface area contributed by atoms with Crippen molar-refractivity contribution in [1.29, 1.82) is 0 Å². The monoisotopic (exact) mass is 292 g/mol. The summed E-state index contributed by atoms with van der Waals surface area (Å²) in [7, 11) is 0. The van der Waals surface area contributed by atoms with Crippen LogP contribution < -0.4 is 5.73 Å². The molecule has 0 aliphatic heterocycles. The van der Waals surface area contributed by atoms with Gasteiger partial charge in [-0.05, 0) is 41.0 Å². The van der Waals surface area contributed by atoms with E-state index >= 15 is 0 Å². The van der Waals surface area contributed by atoms with E-state index in [-0.39, 0.29) is 0 Å². The summed E-state index contributed by atoms with van der Waals surface area (Å²) in [6.07, 6.45) is 0.817. The normalized spacial score (nSPS) is 11.7. The quantitative estimate of drug-likeness (QED) is 0.762. The van der Waals surface area contributed by atoms with E-state index in [1.54, 1.807) is 0 Å². The summed E-state index contributed by atoms with van der Waals surface area (Å²) in [5.41, 5.74) is 10.0. The molecule has 5 heteroatoms. The molecule has 3 N–H and O–H groups in total. The molecule has 0 bridgehead atoms. The molecule has 0 aliphatic carbocycles. The minimum atomic E-state index is 0.624. The predicted octanol–water partition coefficient (Wildman–Crippen LogP) is 2.39. The lowest BCUT2D eigenvalue weighted by molar-refractivity contribution is 0.928. The topological polar surface area (TPSA) is 59.1 Å². The molecule has 2 heterocycles. The fourth-order valence-corrected chi connectivity index (χ4v) is 2.81. The van der Waals surface area contributed by atoms with Gasteiger partial charge < -0.3 is 10.7 Å². The Balaban J connectivity index is 2.38. The Kier molecular flexibility index (Phi) is 2.45. The molecule has 0 spiro atoms. The van der Waals surface area contributed by atoms with Crippen molar-refractivity contribution in [2.75, 3.05) is 6.54 Å². The Bertz CT molecular complexity index is 695. The second-order valence-electron chi connectivity index (χ2n) is 4.15. The van der Waals surface area contributed by atoms with Gasteiger partial charge in [0.1, 0.15) is 4.60 Å². The van der Waals surface area contributed by atoms with Crippen LogP contribution in [0, 0.1) is 6.92 Å². The Hall–Kier alpha value is -1.33. The van der Waals surface area contributed by atoms with Crippen LogP contribution in [0.5, 0.6) is 0 Å². The molecule has 4 nitrogen and oxygen atoms in total. The summed E-state index contributed by atoms with van der Waals surface area (Å²) in [6, 6.07) is 6.20. The molecule has 0 unspecified atom stereocenters. The van der Waals surface area contributed by atoms with Crippen LogP contribution in [0.1, 0.15) is 11.3 Å². The first-order chi connectivity index (χ1) is 8.22. The van der Waals surface area contributed by atoms with Gasteiger partial charge in [0, 0.05) is 6.42 Å². The number of imidazole rings is 2. The van der Waals surface area contributed by atoms with Crippen molar-refractivity contribution in [3.63, 3.8) is 0 Å². The molecule has 0 aliphatic rings. The third-order valence-corrected chi connectivity index (χ3v) is 3.82. The molecule has 1 aromatic carbocycles. The highest BCUT2D eigenvalue weighted by Gasteiger charge is 2.14. The minimum absolute atomic E-state index is 0.624. The van der Waals surface area contributed by atoms with Crippen LogP contribution in [0.2, 0.25) is 0 Å². The number of aromatic amines is 1. The van der Waals surface area contributed by atoms with Crippen LogP contribution >= 0.6 is 15.9 Å². The van der Waals surface area contributed by atoms with Gasteiger partial charge >= 0.3 is 0 Å². The molecule has 17 heavy (non-hydrogen) atoms. The number of nitrogens with one attached hydrogen (secondary N) is 1. The number of benzene rings is 1. The number of nitrogens with two attached hydrogens (primary N) is 1. The number of aromatic nitrogens is 3. The van der Waals surface area contributed by atoms with Gasteiger partial charge in [0.25, 0.3) is 0 Å². The summed E-state index contributed by atoms with van der Waals surface area (Å²) >= 11 is 3.61. The van der Waals surface area contributed by atoms with E-state index in [2.05, 4.69) is 49.4 Å². The third kappa shape index (κ3) is 1.50. The highest BCUT2D eigenvalue weighted by atomic mass is 79.9. The van der Waals surface area contributed by atoms with Gasteiger partial charge in [-0.15, -0.1) is 0 Å². The minimum Gasteiger partial charge on any atom is -0.330 e. The maximum absolute atomic E-state index is 5.59. The number of hydrogen-bond acceptors (Lipinski definition) is 2. The van der Waals surface area contributed by atoms with E-state index in [1.807, 2.05) is 6.07 Å². The average Bonchev–Trinajstić information content (AvgIpc) is 2.80. The number of hydrogen-bond donors (Lipinski definition) is 2. The van der Waals surface area contributed by atoms with Crippen LogP contribution in [0.25, 0.3) is 16.8 Å². The first-order valence-corrected chi connectivity index (χ1v) is 6.36. The average molecular weight is 293 g/mol. The Morgan fingerprint density at radius 2 is 2.29 bits per heavy atom. The zero-order valence-corrected chi connectivity index (χ0v) is 11.1. The van der Waals surface area contributed by atoms with Crippen LogP contribution in [-0.2, 0) is 6.42 Å². The Morgan fingerprint density at radius 3 is 3.06 bits per heavy atom. The van der Waals surface area contributed by atoms with Gasteiger partial charge in [0.2, 0.25) is 5.78 Å². The standard InChI is InChI=1S/C12H13BrN4/c1-7-3-2-4-9-10(7)16-12-15-8(5-6-14)11(13)17(9)12/h2-4H,5-6,14H2,1H3,(H,15,16). The predicted molar refractivity (Wildman–Crippen MR) is 72.2 cm³/mol. The number of fused-ring (bicyclic) bond motifs is 3. The van der Waals surface area contributed by atoms with E-state index in [0.29, 0.717) is 6.54 Å². The van der Waals surface area contributed by atoms with Gasteiger partial charge in [-0.2, -0.15) is 0 Å². The van der Waals surface area contributed by atoms with Gasteiger partial charge in [0.05, 0.1) is 16.7 Å². The van der Waals surface area contributed by atoms with Gasteiger partial charge in [-0.25, -0.2) is 4.98 Å². The lowest BCUT2D eigenvalue weighted by atomic mass is 10.2. The maximum Gasteiger partial charge on any atom is 0.213 e. The summed E-state index contributed by atoms with van der Waals surface area (Å²) in [5, 5.41) is 0. The SMILES string of the molecule is Cc1cccc2c1nc1[nH]c(CCN)c(Br)n12. The molecule has 2 aromatic heterocycles. The number of halogens is 1. The number of para-hydroxylation sites is 1. The van der Waals surface area contributed by atoms with E-state index in [1.165, 1.54) is 5.56 Å². The van der Waals surface area contributed by atoms with Crippen LogP contribution in [-0.4, -0.2) is 20.9 Å². The molecule has 3 aromatic rings. The molecule has 0 atom stereocenters. The summed E-state index contributed by atoms with van der Waals surface area (Å²) in [5.74, 6) is 0.865. The maximum atomic E-state index is 5.59. The van der Waals surface area contributed by atoms with Gasteiger partial charge in [-0.1, -0.05) is 12.1 Å². The first kappa shape index (κ1) is 10.8. The second kappa shape index (κ2) is 3.85. The second-order valence-corrected chi connectivity index (χ2v) is 4.90. The molecular formula is C12H13BrN4.